The topological polar surface area (TPSA) is 53.2 Å². The number of pyridine rings is 2. The molecule has 3 aromatic heterocycles. The monoisotopic (exact) mass is 477 g/mol. The number of benzene rings is 2. The van der Waals surface area contributed by atoms with Crippen molar-refractivity contribution in [3.63, 3.8) is 0 Å². The third-order valence-corrected chi connectivity index (χ3v) is 6.58. The summed E-state index contributed by atoms with van der Waals surface area (Å²) in [6.07, 6.45) is 16.6. The Bertz CT molecular complexity index is 1430. The molecular weight excluding hydrogens is 446 g/mol. The number of nitrogens with zero attached hydrogens (tertiary/aromatic N) is 3. The minimum Gasteiger partial charge on any atom is -0.390 e. The maximum Gasteiger partial charge on any atom is 0.171 e. The maximum absolute atomic E-state index is 9.14. The second-order valence-electron chi connectivity index (χ2n) is 8.89. The van der Waals surface area contributed by atoms with E-state index in [1.165, 1.54) is 32.9 Å². The number of hydrogen-bond acceptors (Lipinski definition) is 2. The summed E-state index contributed by atoms with van der Waals surface area (Å²) in [5.74, 6) is 0. The van der Waals surface area contributed by atoms with Crippen molar-refractivity contribution in [1.82, 2.24) is 4.57 Å². The number of aliphatic hydroxyl groups excluding tert-OH is 2. The van der Waals surface area contributed by atoms with Crippen LogP contribution in [-0.4, -0.2) is 28.0 Å². The van der Waals surface area contributed by atoms with Crippen LogP contribution in [0, 0.1) is 0 Å². The number of aliphatic hydroxyl groups is 2. The van der Waals surface area contributed by atoms with E-state index in [9.17, 15) is 0 Å². The molecule has 2 N–H and O–H groups in total. The molecule has 0 aliphatic heterocycles. The Kier molecular flexibility index (Phi) is 7.03. The quantitative estimate of drug-likeness (QED) is 0.329. The minimum atomic E-state index is 0.133. The molecule has 5 rings (SSSR count). The average Bonchev–Trinajstić information content (AvgIpc) is 3.21. The molecule has 2 aromatic carbocycles. The van der Waals surface area contributed by atoms with Gasteiger partial charge >= 0.3 is 0 Å². The molecule has 0 atom stereocenters. The SMILES string of the molecule is Cn1c2cccc(/C=C\c3cc[n+](CCO)cc3)c2c2c(/C=C/c3cc[n+](CCO)cc3)cccc21. The maximum atomic E-state index is 9.14. The summed E-state index contributed by atoms with van der Waals surface area (Å²) < 4.78 is 6.21. The van der Waals surface area contributed by atoms with Gasteiger partial charge in [0.05, 0.1) is 0 Å². The lowest BCUT2D eigenvalue weighted by atomic mass is 10.0. The number of hydrogen-bond donors (Lipinski definition) is 2. The van der Waals surface area contributed by atoms with E-state index < -0.39 is 0 Å². The highest BCUT2D eigenvalue weighted by molar-refractivity contribution is 6.15. The zero-order chi connectivity index (χ0) is 24.9. The smallest absolute Gasteiger partial charge is 0.171 e. The van der Waals surface area contributed by atoms with Gasteiger partial charge in [-0.1, -0.05) is 48.6 Å². The van der Waals surface area contributed by atoms with Gasteiger partial charge in [0.1, 0.15) is 13.2 Å². The lowest BCUT2D eigenvalue weighted by molar-refractivity contribution is -0.698. The van der Waals surface area contributed by atoms with Gasteiger partial charge in [0.2, 0.25) is 0 Å². The summed E-state index contributed by atoms with van der Waals surface area (Å²) in [4.78, 5) is 0. The molecule has 5 heteroatoms. The molecular formula is C31H31N3O2+2. The molecule has 5 nitrogen and oxygen atoms in total. The van der Waals surface area contributed by atoms with Crippen molar-refractivity contribution in [3.8, 4) is 0 Å². The van der Waals surface area contributed by atoms with Crippen LogP contribution in [0.15, 0.2) is 85.5 Å². The van der Waals surface area contributed by atoms with Gasteiger partial charge in [-0.05, 0) is 34.4 Å². The molecule has 36 heavy (non-hydrogen) atoms. The van der Waals surface area contributed by atoms with Crippen LogP contribution in [0.1, 0.15) is 22.3 Å². The highest BCUT2D eigenvalue weighted by Gasteiger charge is 2.13. The van der Waals surface area contributed by atoms with Crippen LogP contribution in [0.2, 0.25) is 0 Å². The Morgan fingerprint density at radius 1 is 0.611 bits per heavy atom. The van der Waals surface area contributed by atoms with Crippen LogP contribution in [0.4, 0.5) is 0 Å². The van der Waals surface area contributed by atoms with Crippen LogP contribution in [0.3, 0.4) is 0 Å². The first kappa shape index (κ1) is 23.7. The average molecular weight is 478 g/mol. The number of fused-ring (bicyclic) bond motifs is 3. The van der Waals surface area contributed by atoms with Gasteiger partial charge in [0.25, 0.3) is 0 Å². The first-order valence-electron chi connectivity index (χ1n) is 12.2. The number of aryl methyl sites for hydroxylation is 1. The molecule has 0 aliphatic rings. The van der Waals surface area contributed by atoms with E-state index in [0.717, 1.165) is 11.1 Å². The van der Waals surface area contributed by atoms with Crippen molar-refractivity contribution in [2.24, 2.45) is 7.05 Å². The Balaban J connectivity index is 1.55. The summed E-state index contributed by atoms with van der Waals surface area (Å²) in [5, 5.41) is 20.8. The van der Waals surface area contributed by atoms with Gasteiger partial charge in [0.15, 0.2) is 37.9 Å². The Labute approximate surface area is 211 Å². The van der Waals surface area contributed by atoms with Crippen molar-refractivity contribution >= 4 is 46.1 Å². The Morgan fingerprint density at radius 2 is 1.03 bits per heavy atom. The van der Waals surface area contributed by atoms with Crippen LogP contribution in [0.5, 0.6) is 0 Å². The lowest BCUT2D eigenvalue weighted by Gasteiger charge is -2.02. The molecule has 0 radical (unpaired) electrons. The normalized spacial score (nSPS) is 12.0. The van der Waals surface area contributed by atoms with E-state index in [0.29, 0.717) is 13.1 Å². The molecule has 0 aliphatic carbocycles. The summed E-state index contributed by atoms with van der Waals surface area (Å²) in [7, 11) is 2.12. The molecule has 5 aromatic rings. The molecule has 0 saturated carbocycles. The number of rotatable bonds is 8. The summed E-state index contributed by atoms with van der Waals surface area (Å²) >= 11 is 0. The highest BCUT2D eigenvalue weighted by atomic mass is 16.3. The van der Waals surface area contributed by atoms with Crippen LogP contribution < -0.4 is 9.13 Å². The molecule has 0 saturated heterocycles. The third kappa shape index (κ3) is 4.85. The Morgan fingerprint density at radius 3 is 1.42 bits per heavy atom. The van der Waals surface area contributed by atoms with Gasteiger partial charge in [-0.25, -0.2) is 9.13 Å². The van der Waals surface area contributed by atoms with E-state index in [4.69, 9.17) is 10.2 Å². The first-order chi connectivity index (χ1) is 17.7. The summed E-state index contributed by atoms with van der Waals surface area (Å²) in [6, 6.07) is 21.2. The predicted molar refractivity (Wildman–Crippen MR) is 146 cm³/mol. The zero-order valence-electron chi connectivity index (χ0n) is 20.5. The predicted octanol–water partition coefficient (Wildman–Crippen LogP) is 4.23. The third-order valence-electron chi connectivity index (χ3n) is 6.58. The molecule has 0 unspecified atom stereocenters. The van der Waals surface area contributed by atoms with E-state index >= 15 is 0 Å². The van der Waals surface area contributed by atoms with Crippen LogP contribution in [0.25, 0.3) is 46.1 Å². The molecule has 180 valence electrons. The van der Waals surface area contributed by atoms with Crippen molar-refractivity contribution in [2.75, 3.05) is 13.2 Å². The number of aromatic nitrogens is 3. The van der Waals surface area contributed by atoms with Crippen molar-refractivity contribution in [1.29, 1.82) is 0 Å². The second kappa shape index (κ2) is 10.7. The van der Waals surface area contributed by atoms with Crippen molar-refractivity contribution in [3.05, 3.63) is 108 Å². The fraction of sp³-hybridized carbons (Fsp3) is 0.161. The van der Waals surface area contributed by atoms with Crippen LogP contribution in [-0.2, 0) is 20.1 Å². The largest absolute Gasteiger partial charge is 0.390 e. The van der Waals surface area contributed by atoms with Crippen molar-refractivity contribution < 1.29 is 19.3 Å². The zero-order valence-corrected chi connectivity index (χ0v) is 20.5. The first-order valence-corrected chi connectivity index (χ1v) is 12.2. The lowest BCUT2D eigenvalue weighted by Crippen LogP contribution is -2.34. The standard InChI is InChI=1S/C31H31N3O2/c1-32-28-6-2-4-26(10-8-24-12-16-33(17-13-24)20-22-35)30(28)31-27(5-3-7-29(31)32)11-9-25-14-18-34(19-15-25)21-23-36/h2-19,35-36H,20-23H2,1H3/q+2. The molecule has 0 amide bonds. The summed E-state index contributed by atoms with van der Waals surface area (Å²) in [6.45, 7) is 1.46. The fourth-order valence-corrected chi connectivity index (χ4v) is 4.69. The molecule has 3 heterocycles. The highest BCUT2D eigenvalue weighted by Crippen LogP contribution is 2.35. The van der Waals surface area contributed by atoms with Gasteiger partial charge < -0.3 is 14.8 Å². The summed E-state index contributed by atoms with van der Waals surface area (Å²) in [5.41, 5.74) is 6.98. The fourth-order valence-electron chi connectivity index (χ4n) is 4.69. The van der Waals surface area contributed by atoms with E-state index in [1.54, 1.807) is 0 Å². The van der Waals surface area contributed by atoms with E-state index in [2.05, 4.69) is 96.6 Å². The van der Waals surface area contributed by atoms with Crippen molar-refractivity contribution in [2.45, 2.75) is 13.1 Å². The van der Waals surface area contributed by atoms with Gasteiger partial charge in [-0.2, -0.15) is 0 Å². The van der Waals surface area contributed by atoms with Crippen LogP contribution >= 0.6 is 0 Å². The second-order valence-corrected chi connectivity index (χ2v) is 8.89. The van der Waals surface area contributed by atoms with E-state index in [-0.39, 0.29) is 13.2 Å². The minimum absolute atomic E-state index is 0.133. The van der Waals surface area contributed by atoms with Gasteiger partial charge in [-0.3, -0.25) is 0 Å². The molecule has 0 bridgehead atoms. The Hall–Kier alpha value is -4.06. The van der Waals surface area contributed by atoms with Gasteiger partial charge in [-0.15, -0.1) is 0 Å². The molecule has 0 fully saturated rings. The van der Waals surface area contributed by atoms with E-state index in [1.807, 2.05) is 33.9 Å². The molecule has 0 spiro atoms. The van der Waals surface area contributed by atoms with Gasteiger partial charge in [0, 0.05) is 53.1 Å².